The highest BCUT2D eigenvalue weighted by molar-refractivity contribution is 5.80. The first-order valence-corrected chi connectivity index (χ1v) is 7.59. The van der Waals surface area contributed by atoms with E-state index in [4.69, 9.17) is 5.11 Å². The second-order valence-electron chi connectivity index (χ2n) is 6.26. The van der Waals surface area contributed by atoms with Gasteiger partial charge in [0.1, 0.15) is 0 Å². The van der Waals surface area contributed by atoms with Crippen LogP contribution in [0.5, 0.6) is 0 Å². The molecule has 0 unspecified atom stereocenters. The maximum atomic E-state index is 12.0. The second kappa shape index (κ2) is 7.62. The minimum atomic E-state index is -0.772. The lowest BCUT2D eigenvalue weighted by Crippen LogP contribution is -2.43. The Balaban J connectivity index is 2.32. The van der Waals surface area contributed by atoms with Gasteiger partial charge in [0, 0.05) is 31.1 Å². The summed E-state index contributed by atoms with van der Waals surface area (Å²) >= 11 is 0. The van der Waals surface area contributed by atoms with Crippen LogP contribution in [0, 0.1) is 11.8 Å². The van der Waals surface area contributed by atoms with Crippen molar-refractivity contribution in [3.05, 3.63) is 0 Å². The smallest absolute Gasteiger partial charge is 0.306 e. The SMILES string of the molecule is CC(C)N(CCNC(=O)[C@@H]1CC[C@H](C(=O)O)C1)C(C)C. The molecular formula is C15H28N2O3. The molecule has 0 saturated heterocycles. The molecule has 0 radical (unpaired) electrons. The fourth-order valence-corrected chi connectivity index (χ4v) is 3.01. The molecule has 0 aromatic carbocycles. The standard InChI is InChI=1S/C15H28N2O3/c1-10(2)17(11(3)4)8-7-16-14(18)12-5-6-13(9-12)15(19)20/h10-13H,5-9H2,1-4H3,(H,16,18)(H,19,20)/t12-,13+/m1/s1. The van der Waals surface area contributed by atoms with Gasteiger partial charge in [-0.2, -0.15) is 0 Å². The number of carboxylic acid groups (broad SMARTS) is 1. The van der Waals surface area contributed by atoms with Crippen LogP contribution in [-0.4, -0.2) is 47.1 Å². The van der Waals surface area contributed by atoms with E-state index < -0.39 is 5.97 Å². The highest BCUT2D eigenvalue weighted by Gasteiger charge is 2.33. The molecule has 0 aromatic rings. The molecule has 2 atom stereocenters. The van der Waals surface area contributed by atoms with E-state index in [-0.39, 0.29) is 17.7 Å². The number of hydrogen-bond acceptors (Lipinski definition) is 3. The lowest BCUT2D eigenvalue weighted by molar-refractivity contribution is -0.141. The molecule has 0 bridgehead atoms. The number of carbonyl (C=O) groups excluding carboxylic acids is 1. The van der Waals surface area contributed by atoms with Gasteiger partial charge in [-0.3, -0.25) is 14.5 Å². The van der Waals surface area contributed by atoms with Gasteiger partial charge in [0.2, 0.25) is 5.91 Å². The predicted molar refractivity (Wildman–Crippen MR) is 78.5 cm³/mol. The van der Waals surface area contributed by atoms with Crippen LogP contribution in [0.1, 0.15) is 47.0 Å². The zero-order valence-electron chi connectivity index (χ0n) is 13.1. The maximum Gasteiger partial charge on any atom is 0.306 e. The molecule has 116 valence electrons. The molecule has 2 N–H and O–H groups in total. The molecule has 5 nitrogen and oxygen atoms in total. The zero-order valence-corrected chi connectivity index (χ0v) is 13.1. The van der Waals surface area contributed by atoms with Crippen molar-refractivity contribution in [1.82, 2.24) is 10.2 Å². The summed E-state index contributed by atoms with van der Waals surface area (Å²) in [5.74, 6) is -1.22. The third-order valence-electron chi connectivity index (χ3n) is 4.15. The summed E-state index contributed by atoms with van der Waals surface area (Å²) in [5.41, 5.74) is 0. The van der Waals surface area contributed by atoms with E-state index in [1.807, 2.05) is 0 Å². The zero-order chi connectivity index (χ0) is 15.3. The molecule has 1 saturated carbocycles. The van der Waals surface area contributed by atoms with Gasteiger partial charge in [-0.15, -0.1) is 0 Å². The number of nitrogens with zero attached hydrogens (tertiary/aromatic N) is 1. The Labute approximate surface area is 121 Å². The van der Waals surface area contributed by atoms with Crippen LogP contribution in [0.3, 0.4) is 0 Å². The van der Waals surface area contributed by atoms with E-state index in [9.17, 15) is 9.59 Å². The monoisotopic (exact) mass is 284 g/mol. The van der Waals surface area contributed by atoms with Crippen LogP contribution < -0.4 is 5.32 Å². The van der Waals surface area contributed by atoms with Crippen molar-refractivity contribution in [2.24, 2.45) is 11.8 Å². The van der Waals surface area contributed by atoms with E-state index >= 15 is 0 Å². The van der Waals surface area contributed by atoms with Crippen LogP contribution in [-0.2, 0) is 9.59 Å². The molecular weight excluding hydrogens is 256 g/mol. The summed E-state index contributed by atoms with van der Waals surface area (Å²) < 4.78 is 0. The number of nitrogens with one attached hydrogen (secondary N) is 1. The number of rotatable bonds is 7. The normalized spacial score (nSPS) is 22.8. The average Bonchev–Trinajstić information content (AvgIpc) is 2.82. The van der Waals surface area contributed by atoms with E-state index in [1.165, 1.54) is 0 Å². The summed E-state index contributed by atoms with van der Waals surface area (Å²) in [6.45, 7) is 10.1. The van der Waals surface area contributed by atoms with Crippen LogP contribution in [0.25, 0.3) is 0 Å². The molecule has 20 heavy (non-hydrogen) atoms. The minimum absolute atomic E-state index is 0.0150. The Morgan fingerprint density at radius 1 is 1.15 bits per heavy atom. The molecule has 0 heterocycles. The first-order chi connectivity index (χ1) is 9.32. The van der Waals surface area contributed by atoms with Gasteiger partial charge >= 0.3 is 5.97 Å². The quantitative estimate of drug-likeness (QED) is 0.747. The topological polar surface area (TPSA) is 69.6 Å². The third-order valence-corrected chi connectivity index (χ3v) is 4.15. The molecule has 0 aliphatic heterocycles. The third kappa shape index (κ3) is 4.78. The minimum Gasteiger partial charge on any atom is -0.481 e. The van der Waals surface area contributed by atoms with E-state index in [1.54, 1.807) is 0 Å². The van der Waals surface area contributed by atoms with Crippen molar-refractivity contribution in [2.75, 3.05) is 13.1 Å². The van der Waals surface area contributed by atoms with Crippen LogP contribution >= 0.6 is 0 Å². The van der Waals surface area contributed by atoms with Crippen LogP contribution in [0.2, 0.25) is 0 Å². The van der Waals surface area contributed by atoms with Gasteiger partial charge in [-0.1, -0.05) is 0 Å². The summed E-state index contributed by atoms with van der Waals surface area (Å²) in [7, 11) is 0. The molecule has 1 fully saturated rings. The maximum absolute atomic E-state index is 12.0. The van der Waals surface area contributed by atoms with Gasteiger partial charge in [-0.25, -0.2) is 0 Å². The molecule has 1 aliphatic rings. The molecule has 1 aliphatic carbocycles. The Kier molecular flexibility index (Phi) is 6.46. The van der Waals surface area contributed by atoms with Crippen LogP contribution in [0.4, 0.5) is 0 Å². The second-order valence-corrected chi connectivity index (χ2v) is 6.26. The summed E-state index contributed by atoms with van der Waals surface area (Å²) in [6.07, 6.45) is 1.80. The van der Waals surface area contributed by atoms with Crippen molar-refractivity contribution in [1.29, 1.82) is 0 Å². The largest absolute Gasteiger partial charge is 0.481 e. The molecule has 1 rings (SSSR count). The van der Waals surface area contributed by atoms with E-state index in [2.05, 4.69) is 37.9 Å². The van der Waals surface area contributed by atoms with Crippen LogP contribution in [0.15, 0.2) is 0 Å². The van der Waals surface area contributed by atoms with Crippen molar-refractivity contribution in [2.45, 2.75) is 59.0 Å². The Morgan fingerprint density at radius 2 is 1.70 bits per heavy atom. The fourth-order valence-electron chi connectivity index (χ4n) is 3.01. The Morgan fingerprint density at radius 3 is 2.15 bits per heavy atom. The van der Waals surface area contributed by atoms with Gasteiger partial charge in [0.05, 0.1) is 5.92 Å². The highest BCUT2D eigenvalue weighted by Crippen LogP contribution is 2.30. The summed E-state index contributed by atoms with van der Waals surface area (Å²) in [6, 6.07) is 0.907. The van der Waals surface area contributed by atoms with E-state index in [0.717, 1.165) is 6.54 Å². The fraction of sp³-hybridized carbons (Fsp3) is 0.867. The number of carbonyl (C=O) groups is 2. The average molecular weight is 284 g/mol. The number of carboxylic acids is 1. The van der Waals surface area contributed by atoms with Crippen molar-refractivity contribution >= 4 is 11.9 Å². The lowest BCUT2D eigenvalue weighted by atomic mass is 10.0. The van der Waals surface area contributed by atoms with Crippen molar-refractivity contribution in [3.63, 3.8) is 0 Å². The first kappa shape index (κ1) is 17.0. The molecule has 1 amide bonds. The van der Waals surface area contributed by atoms with Gasteiger partial charge < -0.3 is 10.4 Å². The molecule has 5 heteroatoms. The predicted octanol–water partition coefficient (Wildman–Crippen LogP) is 1.72. The molecule has 0 aromatic heterocycles. The summed E-state index contributed by atoms with van der Waals surface area (Å²) in [4.78, 5) is 25.2. The van der Waals surface area contributed by atoms with Gasteiger partial charge in [0.25, 0.3) is 0 Å². The number of aliphatic carboxylic acids is 1. The Hall–Kier alpha value is -1.10. The van der Waals surface area contributed by atoms with Gasteiger partial charge in [-0.05, 0) is 47.0 Å². The van der Waals surface area contributed by atoms with Crippen molar-refractivity contribution < 1.29 is 14.7 Å². The van der Waals surface area contributed by atoms with E-state index in [0.29, 0.717) is 37.9 Å². The number of hydrogen-bond donors (Lipinski definition) is 2. The van der Waals surface area contributed by atoms with Gasteiger partial charge in [0.15, 0.2) is 0 Å². The Bertz CT molecular complexity index is 334. The summed E-state index contributed by atoms with van der Waals surface area (Å²) in [5, 5.41) is 11.9. The number of amides is 1. The lowest BCUT2D eigenvalue weighted by Gasteiger charge is -2.30. The highest BCUT2D eigenvalue weighted by atomic mass is 16.4. The molecule has 0 spiro atoms. The van der Waals surface area contributed by atoms with Crippen molar-refractivity contribution in [3.8, 4) is 0 Å². The first-order valence-electron chi connectivity index (χ1n) is 7.59.